The number of phenolic OH excluding ortho intramolecular Hbond substituents is 1. The number of benzene rings is 3. The van der Waals surface area contributed by atoms with Crippen LogP contribution in [-0.2, 0) is 20.0 Å². The molecule has 1 heterocycles. The first-order valence-electron chi connectivity index (χ1n) is 10.2. The van der Waals surface area contributed by atoms with E-state index in [0.29, 0.717) is 5.56 Å². The summed E-state index contributed by atoms with van der Waals surface area (Å²) < 4.78 is 61.7. The van der Waals surface area contributed by atoms with Gasteiger partial charge < -0.3 is 9.84 Å². The van der Waals surface area contributed by atoms with E-state index in [1.165, 1.54) is 58.2 Å². The molecule has 4 rings (SSSR count). The molecule has 1 saturated heterocycles. The Bertz CT molecular complexity index is 1360. The molecule has 1 aliphatic heterocycles. The van der Waals surface area contributed by atoms with Crippen LogP contribution in [0.1, 0.15) is 17.3 Å². The Morgan fingerprint density at radius 3 is 1.91 bits per heavy atom. The lowest BCUT2D eigenvalue weighted by Gasteiger charge is -2.30. The van der Waals surface area contributed by atoms with Crippen molar-refractivity contribution in [3.8, 4) is 11.5 Å². The van der Waals surface area contributed by atoms with Crippen molar-refractivity contribution < 1.29 is 26.7 Å². The molecule has 10 heteroatoms. The molecule has 1 atom stereocenters. The van der Waals surface area contributed by atoms with E-state index in [9.17, 15) is 21.9 Å². The number of hydrogen-bond acceptors (Lipinski definition) is 6. The summed E-state index contributed by atoms with van der Waals surface area (Å²) in [5.41, 5.74) is 1.26. The molecule has 3 aromatic carbocycles. The molecule has 1 N–H and O–H groups in total. The minimum atomic E-state index is -4.03. The van der Waals surface area contributed by atoms with Gasteiger partial charge in [-0.25, -0.2) is 16.8 Å². The minimum absolute atomic E-state index is 0.0316. The van der Waals surface area contributed by atoms with E-state index >= 15 is 0 Å². The second kappa shape index (κ2) is 8.79. The third-order valence-corrected chi connectivity index (χ3v) is 9.30. The van der Waals surface area contributed by atoms with Crippen LogP contribution in [0.3, 0.4) is 0 Å². The topological polar surface area (TPSA) is 104 Å². The summed E-state index contributed by atoms with van der Waals surface area (Å²) in [6, 6.07) is 18.6. The zero-order valence-electron chi connectivity index (χ0n) is 18.1. The summed E-state index contributed by atoms with van der Waals surface area (Å²) in [4.78, 5) is 0.137. The van der Waals surface area contributed by atoms with E-state index in [1.807, 2.05) is 6.92 Å². The fourth-order valence-corrected chi connectivity index (χ4v) is 7.07. The van der Waals surface area contributed by atoms with Crippen molar-refractivity contribution >= 4 is 20.0 Å². The number of aromatic hydroxyl groups is 1. The van der Waals surface area contributed by atoms with Crippen molar-refractivity contribution in [2.75, 3.05) is 20.2 Å². The maximum Gasteiger partial charge on any atom is 0.244 e. The zero-order valence-corrected chi connectivity index (χ0v) is 19.8. The van der Waals surface area contributed by atoms with E-state index in [4.69, 9.17) is 4.74 Å². The predicted octanol–water partition coefficient (Wildman–Crippen LogP) is 3.10. The third-order valence-electron chi connectivity index (χ3n) is 5.57. The second-order valence-electron chi connectivity index (χ2n) is 7.66. The van der Waals surface area contributed by atoms with Gasteiger partial charge in [-0.15, -0.1) is 0 Å². The van der Waals surface area contributed by atoms with Gasteiger partial charge >= 0.3 is 0 Å². The molecule has 1 aliphatic rings. The van der Waals surface area contributed by atoms with E-state index in [1.54, 1.807) is 30.3 Å². The Kier molecular flexibility index (Phi) is 6.19. The summed E-state index contributed by atoms with van der Waals surface area (Å²) in [6.45, 7) is 1.79. The van der Waals surface area contributed by atoms with Crippen LogP contribution < -0.4 is 4.74 Å². The second-order valence-corrected chi connectivity index (χ2v) is 11.4. The number of phenols is 1. The summed E-state index contributed by atoms with van der Waals surface area (Å²) in [6.07, 6.45) is -1.16. The van der Waals surface area contributed by atoms with Gasteiger partial charge in [0.25, 0.3) is 0 Å². The highest BCUT2D eigenvalue weighted by Gasteiger charge is 2.46. The number of methoxy groups -OCH3 is 1. The molecule has 0 radical (unpaired) electrons. The van der Waals surface area contributed by atoms with Gasteiger partial charge in [0.2, 0.25) is 20.0 Å². The number of nitrogens with zero attached hydrogens (tertiary/aromatic N) is 2. The average molecular weight is 489 g/mol. The van der Waals surface area contributed by atoms with Crippen LogP contribution in [0.4, 0.5) is 0 Å². The fraction of sp³-hybridized carbons (Fsp3) is 0.217. The SMILES string of the molecule is COc1cc([C@@H]2N(S(=O)(=O)c3ccccc3)CCN2S(=O)(=O)c2ccc(C)cc2)ccc1O. The molecule has 0 spiro atoms. The normalized spacial score (nSPS) is 17.8. The molecule has 0 unspecified atom stereocenters. The first kappa shape index (κ1) is 23.2. The maximum absolute atomic E-state index is 13.6. The number of sulfonamides is 2. The summed E-state index contributed by atoms with van der Waals surface area (Å²) in [5.74, 6) is -0.0196. The molecule has 1 fully saturated rings. The van der Waals surface area contributed by atoms with E-state index in [-0.39, 0.29) is 34.4 Å². The van der Waals surface area contributed by atoms with Gasteiger partial charge in [-0.3, -0.25) is 0 Å². The molecular formula is C23H24N2O6S2. The third kappa shape index (κ3) is 4.22. The lowest BCUT2D eigenvalue weighted by molar-refractivity contribution is 0.290. The van der Waals surface area contributed by atoms with Crippen LogP contribution in [0.15, 0.2) is 82.6 Å². The lowest BCUT2D eigenvalue weighted by atomic mass is 10.1. The number of ether oxygens (including phenoxy) is 1. The first-order chi connectivity index (χ1) is 15.7. The maximum atomic E-state index is 13.6. The Morgan fingerprint density at radius 1 is 0.818 bits per heavy atom. The minimum Gasteiger partial charge on any atom is -0.504 e. The van der Waals surface area contributed by atoms with Crippen LogP contribution in [0.2, 0.25) is 0 Å². The Labute approximate surface area is 193 Å². The Hall–Kier alpha value is -2.92. The lowest BCUT2D eigenvalue weighted by Crippen LogP contribution is -2.38. The quantitative estimate of drug-likeness (QED) is 0.572. The molecule has 0 aliphatic carbocycles. The number of rotatable bonds is 6. The molecule has 0 aromatic heterocycles. The number of aryl methyl sites for hydroxylation is 1. The van der Waals surface area contributed by atoms with Gasteiger partial charge in [-0.1, -0.05) is 42.0 Å². The van der Waals surface area contributed by atoms with Gasteiger partial charge in [-0.05, 0) is 48.9 Å². The summed E-state index contributed by atoms with van der Waals surface area (Å²) in [5, 5.41) is 10.0. The van der Waals surface area contributed by atoms with Crippen molar-refractivity contribution in [1.82, 2.24) is 8.61 Å². The van der Waals surface area contributed by atoms with E-state index in [2.05, 4.69) is 0 Å². The highest BCUT2D eigenvalue weighted by atomic mass is 32.2. The van der Waals surface area contributed by atoms with Gasteiger partial charge in [0.1, 0.15) is 6.17 Å². The smallest absolute Gasteiger partial charge is 0.244 e. The van der Waals surface area contributed by atoms with Crippen molar-refractivity contribution in [3.05, 3.63) is 83.9 Å². The van der Waals surface area contributed by atoms with Gasteiger partial charge in [-0.2, -0.15) is 8.61 Å². The fourth-order valence-electron chi connectivity index (χ4n) is 3.85. The van der Waals surface area contributed by atoms with Crippen molar-refractivity contribution in [3.63, 3.8) is 0 Å². The number of hydrogen-bond donors (Lipinski definition) is 1. The Morgan fingerprint density at radius 2 is 1.36 bits per heavy atom. The molecule has 33 heavy (non-hydrogen) atoms. The van der Waals surface area contributed by atoms with Crippen LogP contribution in [-0.4, -0.2) is 50.8 Å². The molecule has 3 aromatic rings. The summed E-state index contributed by atoms with van der Waals surface area (Å²) >= 11 is 0. The monoisotopic (exact) mass is 488 g/mol. The van der Waals surface area contributed by atoms with Crippen LogP contribution in [0, 0.1) is 6.92 Å². The average Bonchev–Trinajstić information content (AvgIpc) is 3.27. The highest BCUT2D eigenvalue weighted by molar-refractivity contribution is 7.90. The van der Waals surface area contributed by atoms with E-state index in [0.717, 1.165) is 5.56 Å². The largest absolute Gasteiger partial charge is 0.504 e. The molecule has 8 nitrogen and oxygen atoms in total. The van der Waals surface area contributed by atoms with Crippen LogP contribution in [0.25, 0.3) is 0 Å². The molecule has 0 bridgehead atoms. The van der Waals surface area contributed by atoms with Crippen LogP contribution >= 0.6 is 0 Å². The molecule has 0 saturated carbocycles. The molecule has 0 amide bonds. The van der Waals surface area contributed by atoms with Gasteiger partial charge in [0, 0.05) is 13.1 Å². The van der Waals surface area contributed by atoms with Gasteiger partial charge in [0.15, 0.2) is 11.5 Å². The highest BCUT2D eigenvalue weighted by Crippen LogP contribution is 2.41. The van der Waals surface area contributed by atoms with Gasteiger partial charge in [0.05, 0.1) is 16.9 Å². The van der Waals surface area contributed by atoms with Crippen LogP contribution in [0.5, 0.6) is 11.5 Å². The summed E-state index contributed by atoms with van der Waals surface area (Å²) in [7, 11) is -6.69. The molecular weight excluding hydrogens is 464 g/mol. The van der Waals surface area contributed by atoms with Crippen molar-refractivity contribution in [2.45, 2.75) is 22.9 Å². The zero-order chi connectivity index (χ0) is 23.8. The van der Waals surface area contributed by atoms with E-state index < -0.39 is 26.2 Å². The standard InChI is InChI=1S/C23H24N2O6S2/c1-17-8-11-20(12-9-17)33(29,30)25-15-14-24(32(27,28)19-6-4-3-5-7-19)23(25)18-10-13-21(26)22(16-18)31-2/h3-13,16,23,26H,14-15H2,1-2H3/t23-/m1/s1. The van der Waals surface area contributed by atoms with Crippen molar-refractivity contribution in [2.24, 2.45) is 0 Å². The predicted molar refractivity (Wildman–Crippen MR) is 123 cm³/mol. The molecule has 174 valence electrons. The Balaban J connectivity index is 1.86. The van der Waals surface area contributed by atoms with Crippen molar-refractivity contribution in [1.29, 1.82) is 0 Å². The first-order valence-corrected chi connectivity index (χ1v) is 13.1.